The first-order chi connectivity index (χ1) is 8.83. The lowest BCUT2D eigenvalue weighted by Gasteiger charge is -2.01. The van der Waals surface area contributed by atoms with Crippen LogP contribution in [0, 0.1) is 0 Å². The first-order valence-corrected chi connectivity index (χ1v) is 7.03. The van der Waals surface area contributed by atoms with Crippen LogP contribution in [0.25, 0.3) is 0 Å². The Hall–Kier alpha value is -1.40. The Kier molecular flexibility index (Phi) is 4.72. The number of aromatic nitrogens is 2. The van der Waals surface area contributed by atoms with Crippen LogP contribution in [0.1, 0.15) is 30.2 Å². The molecule has 0 saturated carbocycles. The first kappa shape index (κ1) is 13.0. The zero-order chi connectivity index (χ0) is 12.8. The molecule has 0 fully saturated rings. The molecule has 18 heavy (non-hydrogen) atoms. The summed E-state index contributed by atoms with van der Waals surface area (Å²) in [6.07, 6.45) is 1.05. The van der Waals surface area contributed by atoms with E-state index in [0.717, 1.165) is 19.5 Å². The summed E-state index contributed by atoms with van der Waals surface area (Å²) in [6, 6.07) is 2.64. The van der Waals surface area contributed by atoms with Gasteiger partial charge in [-0.15, -0.1) is 16.4 Å². The molecule has 2 aromatic heterocycles. The monoisotopic (exact) mass is 266 g/mol. The number of thiophene rings is 1. The first-order valence-electron chi connectivity index (χ1n) is 6.15. The average molecular weight is 266 g/mol. The van der Waals surface area contributed by atoms with Crippen molar-refractivity contribution in [3.8, 4) is 0 Å². The second-order valence-corrected chi connectivity index (χ2v) is 4.86. The maximum Gasteiger partial charge on any atom is 0.315 e. The minimum Gasteiger partial charge on any atom is -0.407 e. The van der Waals surface area contributed by atoms with Gasteiger partial charge < -0.3 is 15.1 Å². The third kappa shape index (κ3) is 3.30. The molecule has 2 N–H and O–H groups in total. The van der Waals surface area contributed by atoms with E-state index in [1.807, 2.05) is 6.92 Å². The molecule has 0 unspecified atom stereocenters. The van der Waals surface area contributed by atoms with Crippen LogP contribution in [-0.4, -0.2) is 16.7 Å². The summed E-state index contributed by atoms with van der Waals surface area (Å²) >= 11 is 1.75. The predicted molar refractivity (Wildman–Crippen MR) is 72.7 cm³/mol. The minimum absolute atomic E-state index is 0.485. The Labute approximate surface area is 111 Å². The van der Waals surface area contributed by atoms with Gasteiger partial charge >= 0.3 is 6.01 Å². The quantitative estimate of drug-likeness (QED) is 0.806. The van der Waals surface area contributed by atoms with Gasteiger partial charge in [0.2, 0.25) is 5.89 Å². The van der Waals surface area contributed by atoms with Gasteiger partial charge in [0, 0.05) is 4.88 Å². The summed E-state index contributed by atoms with van der Waals surface area (Å²) in [5.74, 6) is 0.612. The van der Waals surface area contributed by atoms with Crippen LogP contribution in [0.15, 0.2) is 15.9 Å². The van der Waals surface area contributed by atoms with Gasteiger partial charge in [-0.05, 0) is 30.0 Å². The van der Waals surface area contributed by atoms with Crippen molar-refractivity contribution in [2.75, 3.05) is 11.9 Å². The van der Waals surface area contributed by atoms with Crippen LogP contribution >= 0.6 is 11.3 Å². The van der Waals surface area contributed by atoms with Gasteiger partial charge in [-0.3, -0.25) is 0 Å². The Morgan fingerprint density at radius 1 is 1.28 bits per heavy atom. The number of nitrogens with one attached hydrogen (secondary N) is 2. The van der Waals surface area contributed by atoms with Gasteiger partial charge in [-0.1, -0.05) is 18.9 Å². The third-order valence-corrected chi connectivity index (χ3v) is 3.58. The lowest BCUT2D eigenvalue weighted by atomic mass is 10.2. The van der Waals surface area contributed by atoms with Crippen molar-refractivity contribution in [1.82, 2.24) is 15.5 Å². The van der Waals surface area contributed by atoms with Crippen LogP contribution in [0.3, 0.4) is 0 Å². The molecule has 2 heterocycles. The van der Waals surface area contributed by atoms with E-state index in [-0.39, 0.29) is 0 Å². The van der Waals surface area contributed by atoms with Crippen molar-refractivity contribution in [3.05, 3.63) is 27.8 Å². The van der Waals surface area contributed by atoms with Crippen molar-refractivity contribution in [3.63, 3.8) is 0 Å². The number of nitrogens with zero attached hydrogens (tertiary/aromatic N) is 2. The van der Waals surface area contributed by atoms with Gasteiger partial charge in [-0.25, -0.2) is 0 Å². The molecule has 0 aliphatic heterocycles. The highest BCUT2D eigenvalue weighted by Crippen LogP contribution is 2.18. The van der Waals surface area contributed by atoms with Crippen molar-refractivity contribution in [2.45, 2.75) is 33.4 Å². The topological polar surface area (TPSA) is 63.0 Å². The molecule has 0 amide bonds. The second kappa shape index (κ2) is 6.51. The maximum atomic E-state index is 5.47. The highest BCUT2D eigenvalue weighted by atomic mass is 32.1. The fraction of sp³-hybridized carbons (Fsp3) is 0.500. The van der Waals surface area contributed by atoms with E-state index in [0.29, 0.717) is 18.5 Å². The summed E-state index contributed by atoms with van der Waals surface area (Å²) < 4.78 is 5.47. The molecule has 0 aliphatic carbocycles. The highest BCUT2D eigenvalue weighted by Gasteiger charge is 2.07. The number of aryl methyl sites for hydroxylation is 1. The Balaban J connectivity index is 1.88. The molecule has 0 aromatic carbocycles. The normalized spacial score (nSPS) is 10.8. The van der Waals surface area contributed by atoms with Crippen LogP contribution in [-0.2, 0) is 19.5 Å². The summed E-state index contributed by atoms with van der Waals surface area (Å²) in [4.78, 5) is 1.32. The fourth-order valence-electron chi connectivity index (χ4n) is 1.62. The Morgan fingerprint density at radius 3 is 2.94 bits per heavy atom. The van der Waals surface area contributed by atoms with Crippen LogP contribution in [0.4, 0.5) is 6.01 Å². The van der Waals surface area contributed by atoms with Gasteiger partial charge in [-0.2, -0.15) is 0 Å². The maximum absolute atomic E-state index is 5.47. The number of rotatable bonds is 7. The van der Waals surface area contributed by atoms with Crippen LogP contribution in [0.5, 0.6) is 0 Å². The summed E-state index contributed by atoms with van der Waals surface area (Å²) in [6.45, 7) is 6.44. The average Bonchev–Trinajstić information content (AvgIpc) is 3.02. The van der Waals surface area contributed by atoms with Crippen molar-refractivity contribution < 1.29 is 4.42 Å². The molecule has 98 valence electrons. The zero-order valence-electron chi connectivity index (χ0n) is 10.7. The standard InChI is InChI=1S/C12H18N4OS/c1-3-9-5-6-18-10(9)7-14-12-16-15-11(17-12)8-13-4-2/h5-6,13H,3-4,7-8H2,1-2H3,(H,14,16). The van der Waals surface area contributed by atoms with E-state index < -0.39 is 0 Å². The van der Waals surface area contributed by atoms with Crippen molar-refractivity contribution >= 4 is 17.4 Å². The van der Waals surface area contributed by atoms with Gasteiger partial charge in [0.1, 0.15) is 0 Å². The molecule has 6 heteroatoms. The van der Waals surface area contributed by atoms with Gasteiger partial charge in [0.15, 0.2) is 0 Å². The molecule has 0 aliphatic rings. The lowest BCUT2D eigenvalue weighted by molar-refractivity contribution is 0.481. The zero-order valence-corrected chi connectivity index (χ0v) is 11.5. The Bertz CT molecular complexity index is 480. The van der Waals surface area contributed by atoms with Crippen LogP contribution < -0.4 is 10.6 Å². The molecule has 5 nitrogen and oxygen atoms in total. The molecule has 0 atom stereocenters. The number of hydrogen-bond acceptors (Lipinski definition) is 6. The minimum atomic E-state index is 0.485. The molecular formula is C12H18N4OS. The van der Waals surface area contributed by atoms with E-state index in [9.17, 15) is 0 Å². The molecule has 0 saturated heterocycles. The van der Waals surface area contributed by atoms with Crippen molar-refractivity contribution in [1.29, 1.82) is 0 Å². The fourth-order valence-corrected chi connectivity index (χ4v) is 2.54. The molecule has 0 spiro atoms. The summed E-state index contributed by atoms with van der Waals surface area (Å²) in [5, 5.41) is 16.3. The van der Waals surface area contributed by atoms with E-state index >= 15 is 0 Å². The lowest BCUT2D eigenvalue weighted by Crippen LogP contribution is -2.11. The molecule has 2 rings (SSSR count). The second-order valence-electron chi connectivity index (χ2n) is 3.86. The highest BCUT2D eigenvalue weighted by molar-refractivity contribution is 7.10. The molecule has 0 radical (unpaired) electrons. The Morgan fingerprint density at radius 2 is 2.17 bits per heavy atom. The van der Waals surface area contributed by atoms with E-state index in [1.165, 1.54) is 10.4 Å². The van der Waals surface area contributed by atoms with Crippen molar-refractivity contribution in [2.24, 2.45) is 0 Å². The number of hydrogen-bond donors (Lipinski definition) is 2. The molecular weight excluding hydrogens is 248 g/mol. The largest absolute Gasteiger partial charge is 0.407 e. The summed E-state index contributed by atoms with van der Waals surface area (Å²) in [7, 11) is 0. The van der Waals surface area contributed by atoms with E-state index in [2.05, 4.69) is 39.2 Å². The number of anilines is 1. The van der Waals surface area contributed by atoms with Crippen LogP contribution in [0.2, 0.25) is 0 Å². The molecule has 2 aromatic rings. The molecule has 0 bridgehead atoms. The third-order valence-electron chi connectivity index (χ3n) is 2.61. The van der Waals surface area contributed by atoms with Gasteiger partial charge in [0.25, 0.3) is 0 Å². The SMILES string of the molecule is CCNCc1nnc(NCc2sccc2CC)o1. The van der Waals surface area contributed by atoms with Gasteiger partial charge in [0.05, 0.1) is 13.1 Å². The van der Waals surface area contributed by atoms with E-state index in [1.54, 1.807) is 11.3 Å². The van der Waals surface area contributed by atoms with E-state index in [4.69, 9.17) is 4.42 Å². The smallest absolute Gasteiger partial charge is 0.315 e. The summed E-state index contributed by atoms with van der Waals surface area (Å²) in [5.41, 5.74) is 1.37. The predicted octanol–water partition coefficient (Wildman–Crippen LogP) is 2.42.